The van der Waals surface area contributed by atoms with Crippen molar-refractivity contribution < 1.29 is 19.4 Å². The lowest BCUT2D eigenvalue weighted by atomic mass is 10.0. The molecule has 0 heterocycles. The molecular weight excluding hydrogens is 234 g/mol. The quantitative estimate of drug-likeness (QED) is 0.626. The number of carboxylic acid groups (broad SMARTS) is 1. The molecule has 0 rings (SSSR count). The second-order valence-corrected chi connectivity index (χ2v) is 5.65. The van der Waals surface area contributed by atoms with Crippen molar-refractivity contribution in [3.05, 3.63) is 0 Å². The predicted octanol–water partition coefficient (Wildman–Crippen LogP) is 1.79. The highest BCUT2D eigenvalue weighted by atomic mass is 16.5. The summed E-state index contributed by atoms with van der Waals surface area (Å²) in [6, 6.07) is 0. The Morgan fingerprint density at radius 1 is 1.06 bits per heavy atom. The van der Waals surface area contributed by atoms with E-state index in [1.54, 1.807) is 0 Å². The summed E-state index contributed by atoms with van der Waals surface area (Å²) >= 11 is 0. The Morgan fingerprint density at radius 3 is 2.06 bits per heavy atom. The summed E-state index contributed by atoms with van der Waals surface area (Å²) in [5.41, 5.74) is 4.71. The Morgan fingerprint density at radius 2 is 1.56 bits per heavy atom. The second-order valence-electron chi connectivity index (χ2n) is 5.65. The number of ether oxygens (including phenoxy) is 2. The van der Waals surface area contributed by atoms with Gasteiger partial charge in [0.1, 0.15) is 0 Å². The second kappa shape index (κ2) is 7.71. The molecule has 0 aromatic heterocycles. The van der Waals surface area contributed by atoms with E-state index in [2.05, 4.69) is 0 Å². The van der Waals surface area contributed by atoms with Crippen LogP contribution in [0.5, 0.6) is 0 Å². The summed E-state index contributed by atoms with van der Waals surface area (Å²) in [7, 11) is 0. The Balaban J connectivity index is 3.90. The highest BCUT2D eigenvalue weighted by Gasteiger charge is 2.23. The van der Waals surface area contributed by atoms with Crippen molar-refractivity contribution in [3.63, 3.8) is 0 Å². The van der Waals surface area contributed by atoms with Gasteiger partial charge in [-0.3, -0.25) is 4.79 Å². The van der Waals surface area contributed by atoms with Crippen LogP contribution in [0.25, 0.3) is 0 Å². The summed E-state index contributed by atoms with van der Waals surface area (Å²) in [5, 5.41) is 8.64. The number of rotatable bonds is 10. The number of hydrogen-bond acceptors (Lipinski definition) is 4. The van der Waals surface area contributed by atoms with Crippen molar-refractivity contribution in [2.24, 2.45) is 5.73 Å². The number of carboxylic acids is 1. The largest absolute Gasteiger partial charge is 0.481 e. The first kappa shape index (κ1) is 17.4. The molecule has 0 atom stereocenters. The van der Waals surface area contributed by atoms with Gasteiger partial charge in [0.15, 0.2) is 0 Å². The molecule has 0 aliphatic rings. The molecule has 0 fully saturated rings. The van der Waals surface area contributed by atoms with E-state index in [1.165, 1.54) is 0 Å². The first-order chi connectivity index (χ1) is 8.18. The van der Waals surface area contributed by atoms with E-state index in [9.17, 15) is 4.79 Å². The normalized spacial score (nSPS) is 12.7. The van der Waals surface area contributed by atoms with Crippen LogP contribution >= 0.6 is 0 Å². The summed E-state index contributed by atoms with van der Waals surface area (Å²) in [5.74, 6) is -0.793. The molecule has 0 aliphatic carbocycles. The molecule has 0 aliphatic heterocycles. The summed E-state index contributed by atoms with van der Waals surface area (Å²) in [6.07, 6.45) is 1.38. The van der Waals surface area contributed by atoms with E-state index in [1.807, 2.05) is 27.7 Å². The van der Waals surface area contributed by atoms with Crippen LogP contribution in [-0.2, 0) is 14.3 Å². The van der Waals surface area contributed by atoms with E-state index < -0.39 is 11.6 Å². The van der Waals surface area contributed by atoms with Crippen LogP contribution in [0.1, 0.15) is 47.0 Å². The Labute approximate surface area is 110 Å². The molecule has 5 nitrogen and oxygen atoms in total. The SMILES string of the molecule is CC(C)(CCOC(C)(C)CCC(=O)O)OCCN. The van der Waals surface area contributed by atoms with Crippen molar-refractivity contribution >= 4 is 5.97 Å². The third-order valence-electron chi connectivity index (χ3n) is 2.75. The maximum Gasteiger partial charge on any atom is 0.303 e. The molecule has 3 N–H and O–H groups in total. The third-order valence-corrected chi connectivity index (χ3v) is 2.75. The van der Waals surface area contributed by atoms with E-state index >= 15 is 0 Å². The first-order valence-electron chi connectivity index (χ1n) is 6.38. The molecule has 0 bridgehead atoms. The number of nitrogens with two attached hydrogens (primary N) is 1. The van der Waals surface area contributed by atoms with Crippen LogP contribution in [0.2, 0.25) is 0 Å². The van der Waals surface area contributed by atoms with E-state index in [0.29, 0.717) is 26.2 Å². The van der Waals surface area contributed by atoms with Crippen LogP contribution in [-0.4, -0.2) is 42.0 Å². The fourth-order valence-corrected chi connectivity index (χ4v) is 1.46. The lowest BCUT2D eigenvalue weighted by molar-refractivity contribution is -0.139. The van der Waals surface area contributed by atoms with E-state index in [-0.39, 0.29) is 12.0 Å². The Bertz CT molecular complexity index is 251. The monoisotopic (exact) mass is 261 g/mol. The van der Waals surface area contributed by atoms with E-state index in [0.717, 1.165) is 6.42 Å². The van der Waals surface area contributed by atoms with Crippen LogP contribution in [0.15, 0.2) is 0 Å². The van der Waals surface area contributed by atoms with Crippen LogP contribution < -0.4 is 5.73 Å². The topological polar surface area (TPSA) is 81.8 Å². The lowest BCUT2D eigenvalue weighted by Gasteiger charge is -2.29. The van der Waals surface area contributed by atoms with Crippen molar-refractivity contribution in [3.8, 4) is 0 Å². The van der Waals surface area contributed by atoms with Crippen LogP contribution in [0.3, 0.4) is 0 Å². The summed E-state index contributed by atoms with van der Waals surface area (Å²) < 4.78 is 11.3. The van der Waals surface area contributed by atoms with Gasteiger partial charge in [0, 0.05) is 13.0 Å². The van der Waals surface area contributed by atoms with Gasteiger partial charge in [0.25, 0.3) is 0 Å². The van der Waals surface area contributed by atoms with Crippen LogP contribution in [0.4, 0.5) is 0 Å². The third kappa shape index (κ3) is 9.39. The standard InChI is InChI=1S/C13H27NO4/c1-12(2,6-5-11(15)16)17-9-7-13(3,4)18-10-8-14/h5-10,14H2,1-4H3,(H,15,16). The summed E-state index contributed by atoms with van der Waals surface area (Å²) in [4.78, 5) is 10.5. The van der Waals surface area contributed by atoms with Gasteiger partial charge in [0.2, 0.25) is 0 Å². The average Bonchev–Trinajstić information content (AvgIpc) is 2.23. The number of carbonyl (C=O) groups is 1. The minimum absolute atomic E-state index is 0.125. The molecule has 0 spiro atoms. The zero-order valence-corrected chi connectivity index (χ0v) is 12.0. The fourth-order valence-electron chi connectivity index (χ4n) is 1.46. The smallest absolute Gasteiger partial charge is 0.303 e. The first-order valence-corrected chi connectivity index (χ1v) is 6.38. The molecule has 5 heteroatoms. The minimum Gasteiger partial charge on any atom is -0.481 e. The summed E-state index contributed by atoms with van der Waals surface area (Å²) in [6.45, 7) is 9.40. The van der Waals surface area contributed by atoms with Gasteiger partial charge < -0.3 is 20.3 Å². The minimum atomic E-state index is -0.793. The molecule has 0 saturated heterocycles. The fraction of sp³-hybridized carbons (Fsp3) is 0.923. The highest BCUT2D eigenvalue weighted by molar-refractivity contribution is 5.66. The Hall–Kier alpha value is -0.650. The van der Waals surface area contributed by atoms with Crippen LogP contribution in [0, 0.1) is 0 Å². The maximum absolute atomic E-state index is 10.5. The molecule has 18 heavy (non-hydrogen) atoms. The van der Waals surface area contributed by atoms with Gasteiger partial charge in [-0.05, 0) is 40.5 Å². The zero-order valence-electron chi connectivity index (χ0n) is 12.0. The zero-order chi connectivity index (χ0) is 14.2. The van der Waals surface area contributed by atoms with Gasteiger partial charge in [-0.2, -0.15) is 0 Å². The molecule has 108 valence electrons. The molecule has 0 aromatic rings. The molecule has 0 amide bonds. The average molecular weight is 261 g/mol. The van der Waals surface area contributed by atoms with Gasteiger partial charge in [0.05, 0.1) is 24.4 Å². The van der Waals surface area contributed by atoms with Crippen molar-refractivity contribution in [2.75, 3.05) is 19.8 Å². The highest BCUT2D eigenvalue weighted by Crippen LogP contribution is 2.20. The van der Waals surface area contributed by atoms with Crippen molar-refractivity contribution in [2.45, 2.75) is 58.2 Å². The maximum atomic E-state index is 10.5. The molecule has 0 radical (unpaired) electrons. The number of aliphatic carboxylic acids is 1. The van der Waals surface area contributed by atoms with Crippen molar-refractivity contribution in [1.82, 2.24) is 0 Å². The van der Waals surface area contributed by atoms with E-state index in [4.69, 9.17) is 20.3 Å². The molecular formula is C13H27NO4. The van der Waals surface area contributed by atoms with Gasteiger partial charge in [-0.25, -0.2) is 0 Å². The van der Waals surface area contributed by atoms with Gasteiger partial charge in [-0.15, -0.1) is 0 Å². The number of hydrogen-bond donors (Lipinski definition) is 2. The van der Waals surface area contributed by atoms with Crippen molar-refractivity contribution in [1.29, 1.82) is 0 Å². The molecule has 0 saturated carbocycles. The molecule has 0 unspecified atom stereocenters. The van der Waals surface area contributed by atoms with Gasteiger partial charge >= 0.3 is 5.97 Å². The predicted molar refractivity (Wildman–Crippen MR) is 70.6 cm³/mol. The Kier molecular flexibility index (Phi) is 7.43. The lowest BCUT2D eigenvalue weighted by Crippen LogP contribution is -2.32. The van der Waals surface area contributed by atoms with Gasteiger partial charge in [-0.1, -0.05) is 0 Å². The molecule has 0 aromatic carbocycles.